The van der Waals surface area contributed by atoms with Crippen molar-refractivity contribution < 1.29 is 33.0 Å². The third-order valence-electron chi connectivity index (χ3n) is 4.44. The summed E-state index contributed by atoms with van der Waals surface area (Å²) in [6, 6.07) is 9.33. The van der Waals surface area contributed by atoms with Gasteiger partial charge in [-0.05, 0) is 43.3 Å². The standard InChI is InChI=1S/C21H19NO7/c1-11-15-10-13(26-2)6-8-17(15)29-18(11)19(23)22-16-9-12(20(24)27-3)5-7-14(16)21(25)28-4/h5-10H,1-4H3,(H,22,23). The van der Waals surface area contributed by atoms with Gasteiger partial charge < -0.3 is 23.9 Å². The second kappa shape index (κ2) is 8.05. The Labute approximate surface area is 166 Å². The molecule has 0 aliphatic rings. The predicted octanol–water partition coefficient (Wildman–Crippen LogP) is 3.58. The second-order valence-electron chi connectivity index (χ2n) is 6.12. The third kappa shape index (κ3) is 3.77. The zero-order valence-corrected chi connectivity index (χ0v) is 16.3. The van der Waals surface area contributed by atoms with Gasteiger partial charge in [-0.15, -0.1) is 0 Å². The highest BCUT2D eigenvalue weighted by molar-refractivity contribution is 6.10. The van der Waals surface area contributed by atoms with Crippen molar-refractivity contribution in [1.29, 1.82) is 0 Å². The fraction of sp³-hybridized carbons (Fsp3) is 0.190. The Hall–Kier alpha value is -3.81. The van der Waals surface area contributed by atoms with Crippen LogP contribution >= 0.6 is 0 Å². The zero-order valence-electron chi connectivity index (χ0n) is 16.3. The summed E-state index contributed by atoms with van der Waals surface area (Å²) in [4.78, 5) is 36.7. The van der Waals surface area contributed by atoms with E-state index in [0.717, 1.165) is 5.39 Å². The Morgan fingerprint density at radius 1 is 0.931 bits per heavy atom. The maximum absolute atomic E-state index is 12.9. The van der Waals surface area contributed by atoms with Crippen molar-refractivity contribution in [2.75, 3.05) is 26.6 Å². The topological polar surface area (TPSA) is 104 Å². The number of ether oxygens (including phenoxy) is 3. The maximum atomic E-state index is 12.9. The third-order valence-corrected chi connectivity index (χ3v) is 4.44. The van der Waals surface area contributed by atoms with Crippen LogP contribution in [0.25, 0.3) is 11.0 Å². The van der Waals surface area contributed by atoms with Crippen molar-refractivity contribution in [2.45, 2.75) is 6.92 Å². The minimum absolute atomic E-state index is 0.0764. The van der Waals surface area contributed by atoms with E-state index < -0.39 is 17.8 Å². The molecule has 0 unspecified atom stereocenters. The van der Waals surface area contributed by atoms with Gasteiger partial charge >= 0.3 is 11.9 Å². The van der Waals surface area contributed by atoms with Gasteiger partial charge in [0.15, 0.2) is 5.76 Å². The van der Waals surface area contributed by atoms with E-state index in [1.807, 2.05) is 0 Å². The summed E-state index contributed by atoms with van der Waals surface area (Å²) in [6.07, 6.45) is 0. The molecule has 1 N–H and O–H groups in total. The Bertz CT molecular complexity index is 1110. The summed E-state index contributed by atoms with van der Waals surface area (Å²) in [6.45, 7) is 1.74. The number of furan rings is 1. The average Bonchev–Trinajstić information content (AvgIpc) is 3.08. The molecule has 0 aliphatic heterocycles. The first-order chi connectivity index (χ1) is 13.9. The molecule has 3 aromatic rings. The van der Waals surface area contributed by atoms with Crippen LogP contribution in [0, 0.1) is 6.92 Å². The van der Waals surface area contributed by atoms with E-state index >= 15 is 0 Å². The van der Waals surface area contributed by atoms with Crippen LogP contribution in [0.15, 0.2) is 40.8 Å². The minimum Gasteiger partial charge on any atom is -0.497 e. The molecule has 0 atom stereocenters. The van der Waals surface area contributed by atoms with Gasteiger partial charge in [0.05, 0.1) is 38.1 Å². The van der Waals surface area contributed by atoms with Crippen molar-refractivity contribution in [3.63, 3.8) is 0 Å². The predicted molar refractivity (Wildman–Crippen MR) is 105 cm³/mol. The van der Waals surface area contributed by atoms with E-state index in [1.54, 1.807) is 32.2 Å². The number of benzene rings is 2. The van der Waals surface area contributed by atoms with Crippen molar-refractivity contribution in [3.05, 3.63) is 58.8 Å². The summed E-state index contributed by atoms with van der Waals surface area (Å²) in [5.74, 6) is -1.14. The number of anilines is 1. The zero-order chi connectivity index (χ0) is 21.1. The normalized spacial score (nSPS) is 10.5. The van der Waals surface area contributed by atoms with Crippen molar-refractivity contribution >= 4 is 34.5 Å². The lowest BCUT2D eigenvalue weighted by molar-refractivity contribution is 0.0587. The number of amides is 1. The summed E-state index contributed by atoms with van der Waals surface area (Å²) in [7, 11) is 4.01. The Morgan fingerprint density at radius 2 is 1.66 bits per heavy atom. The number of aryl methyl sites for hydroxylation is 1. The molecule has 0 saturated heterocycles. The van der Waals surface area contributed by atoms with E-state index in [1.165, 1.54) is 32.4 Å². The molecule has 0 saturated carbocycles. The first-order valence-electron chi connectivity index (χ1n) is 8.58. The summed E-state index contributed by atoms with van der Waals surface area (Å²) < 4.78 is 20.3. The second-order valence-corrected chi connectivity index (χ2v) is 6.12. The van der Waals surface area contributed by atoms with Crippen LogP contribution in [0.5, 0.6) is 5.75 Å². The van der Waals surface area contributed by atoms with Gasteiger partial charge in [-0.1, -0.05) is 0 Å². The summed E-state index contributed by atoms with van der Waals surface area (Å²) in [5, 5.41) is 3.35. The molecule has 29 heavy (non-hydrogen) atoms. The molecule has 0 fully saturated rings. The monoisotopic (exact) mass is 397 g/mol. The first-order valence-corrected chi connectivity index (χ1v) is 8.58. The minimum atomic E-state index is -0.664. The number of esters is 2. The van der Waals surface area contributed by atoms with Gasteiger partial charge in [0.1, 0.15) is 11.3 Å². The molecule has 0 aliphatic carbocycles. The number of rotatable bonds is 5. The molecule has 0 radical (unpaired) electrons. The average molecular weight is 397 g/mol. The van der Waals surface area contributed by atoms with Crippen LogP contribution in [-0.4, -0.2) is 39.2 Å². The highest BCUT2D eigenvalue weighted by Gasteiger charge is 2.22. The fourth-order valence-corrected chi connectivity index (χ4v) is 2.90. The smallest absolute Gasteiger partial charge is 0.339 e. The van der Waals surface area contributed by atoms with Crippen molar-refractivity contribution in [3.8, 4) is 5.75 Å². The first kappa shape index (κ1) is 19.9. The molecule has 1 amide bonds. The van der Waals surface area contributed by atoms with Crippen molar-refractivity contribution in [1.82, 2.24) is 0 Å². The number of hydrogen-bond donors (Lipinski definition) is 1. The van der Waals surface area contributed by atoms with Gasteiger partial charge in [0.25, 0.3) is 5.91 Å². The van der Waals surface area contributed by atoms with Gasteiger partial charge in [0.2, 0.25) is 0 Å². The Balaban J connectivity index is 2.01. The maximum Gasteiger partial charge on any atom is 0.339 e. The molecule has 0 bridgehead atoms. The largest absolute Gasteiger partial charge is 0.497 e. The van der Waals surface area contributed by atoms with Crippen LogP contribution < -0.4 is 10.1 Å². The van der Waals surface area contributed by atoms with Crippen LogP contribution in [-0.2, 0) is 9.47 Å². The number of nitrogens with one attached hydrogen (secondary N) is 1. The van der Waals surface area contributed by atoms with Crippen molar-refractivity contribution in [2.24, 2.45) is 0 Å². The van der Waals surface area contributed by atoms with Gasteiger partial charge in [-0.25, -0.2) is 9.59 Å². The molecule has 0 spiro atoms. The number of carbonyl (C=O) groups is 3. The molecular formula is C21H19NO7. The molecule has 8 heteroatoms. The summed E-state index contributed by atoms with van der Waals surface area (Å²) in [5.41, 5.74) is 1.48. The SMILES string of the molecule is COC(=O)c1ccc(C(=O)OC)c(NC(=O)c2oc3ccc(OC)cc3c2C)c1. The van der Waals surface area contributed by atoms with E-state index in [0.29, 0.717) is 16.9 Å². The van der Waals surface area contributed by atoms with Crippen LogP contribution in [0.4, 0.5) is 5.69 Å². The fourth-order valence-electron chi connectivity index (χ4n) is 2.90. The number of carbonyl (C=O) groups excluding carboxylic acids is 3. The number of hydrogen-bond acceptors (Lipinski definition) is 7. The quantitative estimate of drug-likeness (QED) is 0.656. The number of fused-ring (bicyclic) bond motifs is 1. The lowest BCUT2D eigenvalue weighted by Crippen LogP contribution is -2.16. The molecule has 8 nitrogen and oxygen atoms in total. The molecule has 1 heterocycles. The van der Waals surface area contributed by atoms with Crippen LogP contribution in [0.2, 0.25) is 0 Å². The van der Waals surface area contributed by atoms with Crippen LogP contribution in [0.3, 0.4) is 0 Å². The Morgan fingerprint density at radius 3 is 2.31 bits per heavy atom. The lowest BCUT2D eigenvalue weighted by Gasteiger charge is -2.11. The van der Waals surface area contributed by atoms with Gasteiger partial charge in [-0.2, -0.15) is 0 Å². The molecule has 1 aromatic heterocycles. The molecule has 2 aromatic carbocycles. The van der Waals surface area contributed by atoms with E-state index in [9.17, 15) is 14.4 Å². The van der Waals surface area contributed by atoms with E-state index in [2.05, 4.69) is 5.32 Å². The highest BCUT2D eigenvalue weighted by atomic mass is 16.5. The Kier molecular flexibility index (Phi) is 5.54. The van der Waals surface area contributed by atoms with E-state index in [4.69, 9.17) is 18.6 Å². The highest BCUT2D eigenvalue weighted by Crippen LogP contribution is 2.30. The molecule has 3 rings (SSSR count). The van der Waals surface area contributed by atoms with Gasteiger partial charge in [-0.3, -0.25) is 4.79 Å². The van der Waals surface area contributed by atoms with Gasteiger partial charge in [0, 0.05) is 10.9 Å². The lowest BCUT2D eigenvalue weighted by atomic mass is 10.1. The van der Waals surface area contributed by atoms with E-state index in [-0.39, 0.29) is 22.6 Å². The summed E-state index contributed by atoms with van der Waals surface area (Å²) >= 11 is 0. The van der Waals surface area contributed by atoms with Crippen LogP contribution in [0.1, 0.15) is 36.8 Å². The molecule has 150 valence electrons. The molecular weight excluding hydrogens is 378 g/mol. The number of methoxy groups -OCH3 is 3.